The second kappa shape index (κ2) is 8.36. The number of allylic oxidation sites excluding steroid dienone is 2. The Kier molecular flexibility index (Phi) is 5.27. The number of rotatable bonds is 4. The molecule has 0 fully saturated rings. The lowest BCUT2D eigenvalue weighted by atomic mass is 9.98. The second-order valence-corrected chi connectivity index (χ2v) is 14.1. The van der Waals surface area contributed by atoms with Gasteiger partial charge < -0.3 is 0 Å². The van der Waals surface area contributed by atoms with E-state index in [4.69, 9.17) is 0 Å². The SMILES string of the molecule is CC1=Cc2cccc([Si](c3ccccc3)(c3ccccc3)c3cccc4c3C(C)C(C)=C4)c2C1C. The van der Waals surface area contributed by atoms with Crippen molar-refractivity contribution in [1.29, 1.82) is 0 Å². The maximum absolute atomic E-state index is 2.62. The van der Waals surface area contributed by atoms with Gasteiger partial charge in [-0.2, -0.15) is 0 Å². The van der Waals surface area contributed by atoms with Crippen LogP contribution in [0.3, 0.4) is 0 Å². The van der Waals surface area contributed by atoms with Gasteiger partial charge in [0, 0.05) is 11.8 Å². The van der Waals surface area contributed by atoms with E-state index in [1.807, 2.05) is 0 Å². The van der Waals surface area contributed by atoms with Gasteiger partial charge in [-0.1, -0.05) is 134 Å². The zero-order valence-corrected chi connectivity index (χ0v) is 22.0. The van der Waals surface area contributed by atoms with Crippen LogP contribution >= 0.6 is 0 Å². The van der Waals surface area contributed by atoms with E-state index in [0.717, 1.165) is 0 Å². The standard InChI is InChI=1S/C34H32Si/c1-23-21-27-13-11-19-31(33(27)25(23)3)35(29-15-7-5-8-16-29,30-17-9-6-10-18-30)32-20-12-14-28-22-24(2)26(4)34(28)32/h5-22,25-26H,1-4H3. The fourth-order valence-electron chi connectivity index (χ4n) is 6.54. The van der Waals surface area contributed by atoms with Crippen LogP contribution < -0.4 is 20.7 Å². The van der Waals surface area contributed by atoms with Crippen molar-refractivity contribution in [3.05, 3.63) is 130 Å². The molecular formula is C34H32Si. The summed E-state index contributed by atoms with van der Waals surface area (Å²) in [5.74, 6) is 0.851. The van der Waals surface area contributed by atoms with E-state index in [0.29, 0.717) is 11.8 Å². The molecule has 0 saturated heterocycles. The van der Waals surface area contributed by atoms with Gasteiger partial charge in [0.25, 0.3) is 0 Å². The molecule has 0 nitrogen and oxygen atoms in total. The minimum absolute atomic E-state index is 0.426. The summed E-state index contributed by atoms with van der Waals surface area (Å²) in [6.07, 6.45) is 4.81. The average Bonchev–Trinajstić information content (AvgIpc) is 3.35. The first-order chi connectivity index (χ1) is 17.0. The summed E-state index contributed by atoms with van der Waals surface area (Å²) in [5.41, 5.74) is 8.76. The molecule has 0 bridgehead atoms. The summed E-state index contributed by atoms with van der Waals surface area (Å²) in [4.78, 5) is 0. The largest absolute Gasteiger partial charge is 0.180 e. The minimum atomic E-state index is -2.62. The van der Waals surface area contributed by atoms with E-state index >= 15 is 0 Å². The minimum Gasteiger partial charge on any atom is -0.0655 e. The molecule has 1 heteroatoms. The fraction of sp³-hybridized carbons (Fsp3) is 0.176. The molecule has 0 radical (unpaired) electrons. The first kappa shape index (κ1) is 22.1. The molecule has 0 N–H and O–H groups in total. The Labute approximate surface area is 210 Å². The lowest BCUT2D eigenvalue weighted by Gasteiger charge is -2.38. The molecule has 0 aromatic heterocycles. The zero-order chi connectivity index (χ0) is 24.2. The van der Waals surface area contributed by atoms with Gasteiger partial charge in [0.2, 0.25) is 0 Å². The Balaban J connectivity index is 1.80. The van der Waals surface area contributed by atoms with Gasteiger partial charge in [-0.25, -0.2) is 0 Å². The van der Waals surface area contributed by atoms with E-state index in [1.165, 1.54) is 54.1 Å². The zero-order valence-electron chi connectivity index (χ0n) is 21.0. The number of hydrogen-bond acceptors (Lipinski definition) is 0. The monoisotopic (exact) mass is 468 g/mol. The molecule has 4 aromatic rings. The van der Waals surface area contributed by atoms with Crippen LogP contribution in [0.1, 0.15) is 61.8 Å². The van der Waals surface area contributed by atoms with Crippen LogP contribution in [0, 0.1) is 0 Å². The van der Waals surface area contributed by atoms with Crippen molar-refractivity contribution in [3.63, 3.8) is 0 Å². The lowest BCUT2D eigenvalue weighted by Crippen LogP contribution is -2.76. The molecule has 2 aliphatic carbocycles. The highest BCUT2D eigenvalue weighted by Gasteiger charge is 2.46. The van der Waals surface area contributed by atoms with Crippen molar-refractivity contribution in [2.45, 2.75) is 39.5 Å². The smallest absolute Gasteiger partial charge is 0.0655 e. The molecule has 2 atom stereocenters. The van der Waals surface area contributed by atoms with Crippen molar-refractivity contribution >= 4 is 41.0 Å². The maximum Gasteiger partial charge on any atom is 0.180 e. The van der Waals surface area contributed by atoms with Crippen molar-refractivity contribution in [3.8, 4) is 0 Å². The summed E-state index contributed by atoms with van der Waals surface area (Å²) < 4.78 is 0. The first-order valence-electron chi connectivity index (χ1n) is 12.8. The average molecular weight is 469 g/mol. The normalized spacial score (nSPS) is 18.6. The molecule has 0 heterocycles. The third-order valence-electron chi connectivity index (χ3n) is 8.50. The summed E-state index contributed by atoms with van der Waals surface area (Å²) in [6.45, 7) is 9.36. The van der Waals surface area contributed by atoms with E-state index in [-0.39, 0.29) is 0 Å². The predicted octanol–water partition coefficient (Wildman–Crippen LogP) is 6.10. The van der Waals surface area contributed by atoms with Crippen LogP contribution in [0.2, 0.25) is 0 Å². The highest BCUT2D eigenvalue weighted by Crippen LogP contribution is 2.38. The molecule has 0 aliphatic heterocycles. The third kappa shape index (κ3) is 3.18. The van der Waals surface area contributed by atoms with Crippen LogP contribution in [0.4, 0.5) is 0 Å². The summed E-state index contributed by atoms with van der Waals surface area (Å²) in [6, 6.07) is 36.9. The van der Waals surface area contributed by atoms with Gasteiger partial charge in [-0.3, -0.25) is 0 Å². The molecule has 0 spiro atoms. The molecule has 172 valence electrons. The highest BCUT2D eigenvalue weighted by atomic mass is 28.3. The second-order valence-electron chi connectivity index (χ2n) is 10.3. The molecule has 6 rings (SSSR count). The Morgan fingerprint density at radius 3 is 1.29 bits per heavy atom. The van der Waals surface area contributed by atoms with Gasteiger partial charge in [-0.05, 0) is 56.8 Å². The molecule has 2 aliphatic rings. The number of benzene rings is 4. The molecule has 0 saturated carbocycles. The first-order valence-corrected chi connectivity index (χ1v) is 14.8. The molecule has 0 amide bonds. The van der Waals surface area contributed by atoms with Crippen LogP contribution in [0.15, 0.2) is 108 Å². The van der Waals surface area contributed by atoms with Crippen LogP contribution in [-0.4, -0.2) is 8.07 Å². The van der Waals surface area contributed by atoms with Crippen molar-refractivity contribution in [1.82, 2.24) is 0 Å². The fourth-order valence-corrected chi connectivity index (χ4v) is 12.0. The van der Waals surface area contributed by atoms with Gasteiger partial charge in [-0.15, -0.1) is 0 Å². The van der Waals surface area contributed by atoms with Gasteiger partial charge in [0.05, 0.1) is 0 Å². The summed E-state index contributed by atoms with van der Waals surface area (Å²) >= 11 is 0. The molecule has 2 unspecified atom stereocenters. The highest BCUT2D eigenvalue weighted by molar-refractivity contribution is 7.20. The summed E-state index contributed by atoms with van der Waals surface area (Å²) in [5, 5.41) is 6.00. The molecule has 35 heavy (non-hydrogen) atoms. The topological polar surface area (TPSA) is 0 Å². The Bertz CT molecular complexity index is 1360. The Morgan fingerprint density at radius 2 is 0.886 bits per heavy atom. The van der Waals surface area contributed by atoms with Crippen LogP contribution in [0.25, 0.3) is 12.2 Å². The van der Waals surface area contributed by atoms with E-state index in [1.54, 1.807) is 0 Å². The van der Waals surface area contributed by atoms with Crippen molar-refractivity contribution < 1.29 is 0 Å². The summed E-state index contributed by atoms with van der Waals surface area (Å²) in [7, 11) is -2.62. The lowest BCUT2D eigenvalue weighted by molar-refractivity contribution is 0.925. The maximum atomic E-state index is 2.45. The van der Waals surface area contributed by atoms with E-state index in [2.05, 4.69) is 137 Å². The predicted molar refractivity (Wildman–Crippen MR) is 154 cm³/mol. The number of fused-ring (bicyclic) bond motifs is 2. The number of hydrogen-bond donors (Lipinski definition) is 0. The molecular weight excluding hydrogens is 436 g/mol. The van der Waals surface area contributed by atoms with Gasteiger partial charge in [0.15, 0.2) is 8.07 Å². The van der Waals surface area contributed by atoms with Gasteiger partial charge in [0.1, 0.15) is 0 Å². The Hall–Kier alpha value is -3.42. The van der Waals surface area contributed by atoms with Crippen LogP contribution in [-0.2, 0) is 0 Å². The Morgan fingerprint density at radius 1 is 0.486 bits per heavy atom. The van der Waals surface area contributed by atoms with E-state index < -0.39 is 8.07 Å². The molecule has 4 aromatic carbocycles. The van der Waals surface area contributed by atoms with Crippen molar-refractivity contribution in [2.24, 2.45) is 0 Å². The third-order valence-corrected chi connectivity index (χ3v) is 13.4. The van der Waals surface area contributed by atoms with Crippen LogP contribution in [0.5, 0.6) is 0 Å². The van der Waals surface area contributed by atoms with E-state index in [9.17, 15) is 0 Å². The van der Waals surface area contributed by atoms with Gasteiger partial charge >= 0.3 is 0 Å². The quantitative estimate of drug-likeness (QED) is 0.251. The van der Waals surface area contributed by atoms with Crippen molar-refractivity contribution in [2.75, 3.05) is 0 Å².